The van der Waals surface area contributed by atoms with Gasteiger partial charge in [-0.25, -0.2) is 9.07 Å². The SMILES string of the molecule is Cc1cc(NC(=O)Cn2nc3c(cc2=O)C[C@@H](C)CC3)ccc1F. The maximum atomic E-state index is 13.3. The molecule has 1 amide bonds. The monoisotopic (exact) mass is 329 g/mol. The summed E-state index contributed by atoms with van der Waals surface area (Å²) >= 11 is 0. The molecule has 1 N–H and O–H groups in total. The Balaban J connectivity index is 1.74. The summed E-state index contributed by atoms with van der Waals surface area (Å²) < 4.78 is 14.5. The van der Waals surface area contributed by atoms with Crippen LogP contribution in [-0.4, -0.2) is 15.7 Å². The van der Waals surface area contributed by atoms with Crippen molar-refractivity contribution in [1.29, 1.82) is 0 Å². The van der Waals surface area contributed by atoms with Crippen LogP contribution in [0.1, 0.15) is 30.2 Å². The van der Waals surface area contributed by atoms with Crippen molar-refractivity contribution in [2.75, 3.05) is 5.32 Å². The normalized spacial score (nSPS) is 16.5. The average Bonchev–Trinajstić information content (AvgIpc) is 2.52. The lowest BCUT2D eigenvalue weighted by molar-refractivity contribution is -0.117. The van der Waals surface area contributed by atoms with E-state index in [-0.39, 0.29) is 23.8 Å². The predicted molar refractivity (Wildman–Crippen MR) is 89.5 cm³/mol. The zero-order valence-electron chi connectivity index (χ0n) is 13.8. The summed E-state index contributed by atoms with van der Waals surface area (Å²) in [5.41, 5.74) is 2.57. The van der Waals surface area contributed by atoms with Crippen LogP contribution in [0.4, 0.5) is 10.1 Å². The van der Waals surface area contributed by atoms with Crippen LogP contribution in [0, 0.1) is 18.7 Å². The second-order valence-corrected chi connectivity index (χ2v) is 6.47. The van der Waals surface area contributed by atoms with Crippen molar-refractivity contribution in [3.8, 4) is 0 Å². The van der Waals surface area contributed by atoms with Gasteiger partial charge in [0.2, 0.25) is 5.91 Å². The van der Waals surface area contributed by atoms with Crippen LogP contribution < -0.4 is 10.9 Å². The topological polar surface area (TPSA) is 64.0 Å². The minimum atomic E-state index is -0.361. The number of aromatic nitrogens is 2. The van der Waals surface area contributed by atoms with Gasteiger partial charge >= 0.3 is 0 Å². The van der Waals surface area contributed by atoms with Crippen molar-refractivity contribution in [2.24, 2.45) is 5.92 Å². The van der Waals surface area contributed by atoms with Gasteiger partial charge < -0.3 is 5.32 Å². The van der Waals surface area contributed by atoms with Crippen LogP contribution in [0.2, 0.25) is 0 Å². The molecule has 126 valence electrons. The third-order valence-electron chi connectivity index (χ3n) is 4.34. The molecule has 2 aromatic rings. The lowest BCUT2D eigenvalue weighted by Crippen LogP contribution is -2.32. The quantitative estimate of drug-likeness (QED) is 0.941. The summed E-state index contributed by atoms with van der Waals surface area (Å²) in [6, 6.07) is 5.94. The van der Waals surface area contributed by atoms with Crippen molar-refractivity contribution in [3.63, 3.8) is 0 Å². The fraction of sp³-hybridized carbons (Fsp3) is 0.389. The van der Waals surface area contributed by atoms with E-state index in [9.17, 15) is 14.0 Å². The Bertz CT molecular complexity index is 845. The van der Waals surface area contributed by atoms with E-state index in [0.29, 0.717) is 17.2 Å². The molecule has 1 aromatic carbocycles. The number of carbonyl (C=O) groups excluding carboxylic acids is 1. The molecule has 0 saturated carbocycles. The minimum Gasteiger partial charge on any atom is -0.324 e. The lowest BCUT2D eigenvalue weighted by Gasteiger charge is -2.20. The van der Waals surface area contributed by atoms with E-state index in [1.807, 2.05) is 0 Å². The zero-order chi connectivity index (χ0) is 17.3. The number of nitrogens with one attached hydrogen (secondary N) is 1. The summed E-state index contributed by atoms with van der Waals surface area (Å²) in [5.74, 6) is -0.130. The fourth-order valence-corrected chi connectivity index (χ4v) is 2.99. The third-order valence-corrected chi connectivity index (χ3v) is 4.34. The molecule has 3 rings (SSSR count). The third kappa shape index (κ3) is 3.53. The molecule has 0 unspecified atom stereocenters. The number of carbonyl (C=O) groups is 1. The highest BCUT2D eigenvalue weighted by molar-refractivity contribution is 5.90. The number of rotatable bonds is 3. The number of hydrogen-bond acceptors (Lipinski definition) is 3. The summed E-state index contributed by atoms with van der Waals surface area (Å²) in [7, 11) is 0. The van der Waals surface area contributed by atoms with Gasteiger partial charge in [-0.05, 0) is 61.4 Å². The molecule has 1 aliphatic rings. The Morgan fingerprint density at radius 3 is 2.96 bits per heavy atom. The van der Waals surface area contributed by atoms with E-state index >= 15 is 0 Å². The van der Waals surface area contributed by atoms with E-state index in [4.69, 9.17) is 0 Å². The van der Waals surface area contributed by atoms with Crippen LogP contribution >= 0.6 is 0 Å². The van der Waals surface area contributed by atoms with Crippen molar-refractivity contribution in [3.05, 3.63) is 57.3 Å². The first-order chi connectivity index (χ1) is 11.4. The van der Waals surface area contributed by atoms with Crippen LogP contribution in [-0.2, 0) is 24.2 Å². The van der Waals surface area contributed by atoms with E-state index in [2.05, 4.69) is 17.3 Å². The largest absolute Gasteiger partial charge is 0.324 e. The molecule has 1 aliphatic carbocycles. The Labute approximate surface area is 139 Å². The van der Waals surface area contributed by atoms with Gasteiger partial charge in [0.15, 0.2) is 0 Å². The molecular formula is C18H20FN3O2. The number of benzene rings is 1. The zero-order valence-corrected chi connectivity index (χ0v) is 13.8. The second-order valence-electron chi connectivity index (χ2n) is 6.47. The molecule has 1 aromatic heterocycles. The highest BCUT2D eigenvalue weighted by Gasteiger charge is 2.18. The van der Waals surface area contributed by atoms with Gasteiger partial charge in [-0.3, -0.25) is 9.59 Å². The number of halogens is 1. The first kappa shape index (κ1) is 16.4. The van der Waals surface area contributed by atoms with Gasteiger partial charge in [0.05, 0.1) is 5.69 Å². The van der Waals surface area contributed by atoms with E-state index < -0.39 is 0 Å². The maximum Gasteiger partial charge on any atom is 0.267 e. The molecule has 5 nitrogen and oxygen atoms in total. The van der Waals surface area contributed by atoms with E-state index in [0.717, 1.165) is 30.5 Å². The van der Waals surface area contributed by atoms with Crippen molar-refractivity contribution < 1.29 is 9.18 Å². The van der Waals surface area contributed by atoms with Gasteiger partial charge in [0.25, 0.3) is 5.56 Å². The summed E-state index contributed by atoms with van der Waals surface area (Å²) in [6.07, 6.45) is 2.73. The van der Waals surface area contributed by atoms with Crippen LogP contribution in [0.5, 0.6) is 0 Å². The smallest absolute Gasteiger partial charge is 0.267 e. The molecule has 0 bridgehead atoms. The number of anilines is 1. The van der Waals surface area contributed by atoms with Crippen molar-refractivity contribution in [1.82, 2.24) is 9.78 Å². The number of nitrogens with zero attached hydrogens (tertiary/aromatic N) is 2. The van der Waals surface area contributed by atoms with Gasteiger partial charge in [-0.15, -0.1) is 0 Å². The number of fused-ring (bicyclic) bond motifs is 1. The molecule has 0 fully saturated rings. The summed E-state index contributed by atoms with van der Waals surface area (Å²) in [4.78, 5) is 24.3. The highest BCUT2D eigenvalue weighted by Crippen LogP contribution is 2.22. The fourth-order valence-electron chi connectivity index (χ4n) is 2.99. The van der Waals surface area contributed by atoms with Crippen LogP contribution in [0.25, 0.3) is 0 Å². The Morgan fingerprint density at radius 2 is 2.21 bits per heavy atom. The number of aryl methyl sites for hydroxylation is 2. The Morgan fingerprint density at radius 1 is 1.42 bits per heavy atom. The Kier molecular flexibility index (Phi) is 4.46. The molecule has 6 heteroatoms. The van der Waals surface area contributed by atoms with Crippen molar-refractivity contribution in [2.45, 2.75) is 39.7 Å². The maximum absolute atomic E-state index is 13.3. The predicted octanol–water partition coefficient (Wildman–Crippen LogP) is 2.45. The first-order valence-corrected chi connectivity index (χ1v) is 8.08. The average molecular weight is 329 g/mol. The van der Waals surface area contributed by atoms with Gasteiger partial charge in [-0.2, -0.15) is 5.10 Å². The molecule has 0 aliphatic heterocycles. The standard InChI is InChI=1S/C18H20FN3O2/c1-11-3-6-16-13(7-11)9-18(24)22(21-16)10-17(23)20-14-4-5-15(19)12(2)8-14/h4-5,8-9,11H,3,6-7,10H2,1-2H3,(H,20,23)/t11-/m0/s1. The lowest BCUT2D eigenvalue weighted by atomic mass is 9.88. The van der Waals surface area contributed by atoms with Gasteiger partial charge in [0.1, 0.15) is 12.4 Å². The Hall–Kier alpha value is -2.50. The molecule has 1 heterocycles. The number of amides is 1. The first-order valence-electron chi connectivity index (χ1n) is 8.08. The number of hydrogen-bond donors (Lipinski definition) is 1. The molecule has 0 radical (unpaired) electrons. The molecular weight excluding hydrogens is 309 g/mol. The molecule has 1 atom stereocenters. The van der Waals surface area contributed by atoms with Gasteiger partial charge in [-0.1, -0.05) is 6.92 Å². The second kappa shape index (κ2) is 6.55. The minimum absolute atomic E-state index is 0.155. The van der Waals surface area contributed by atoms with Crippen molar-refractivity contribution >= 4 is 11.6 Å². The molecule has 24 heavy (non-hydrogen) atoms. The van der Waals surface area contributed by atoms with Gasteiger partial charge in [0, 0.05) is 11.8 Å². The summed E-state index contributed by atoms with van der Waals surface area (Å²) in [5, 5.41) is 7.01. The van der Waals surface area contributed by atoms with E-state index in [1.54, 1.807) is 19.1 Å². The molecule has 0 spiro atoms. The summed E-state index contributed by atoms with van der Waals surface area (Å²) in [6.45, 7) is 3.63. The van der Waals surface area contributed by atoms with Crippen LogP contribution in [0.3, 0.4) is 0 Å². The van der Waals surface area contributed by atoms with Crippen LogP contribution in [0.15, 0.2) is 29.1 Å². The highest BCUT2D eigenvalue weighted by atomic mass is 19.1. The van der Waals surface area contributed by atoms with E-state index in [1.165, 1.54) is 16.8 Å². The molecule has 0 saturated heterocycles.